The fraction of sp³-hybridized carbons (Fsp3) is 0.316. The first kappa shape index (κ1) is 18.3. The lowest BCUT2D eigenvalue weighted by Crippen LogP contribution is -2.57. The molecule has 1 amide bonds. The fourth-order valence-electron chi connectivity index (χ4n) is 3.03. The molecule has 1 fully saturated rings. The van der Waals surface area contributed by atoms with Gasteiger partial charge in [-0.2, -0.15) is 0 Å². The summed E-state index contributed by atoms with van der Waals surface area (Å²) in [6.07, 6.45) is -2.55. The minimum atomic E-state index is -1.26. The molecule has 0 spiro atoms. The summed E-state index contributed by atoms with van der Waals surface area (Å²) >= 11 is 0. The van der Waals surface area contributed by atoms with Crippen molar-refractivity contribution in [3.63, 3.8) is 0 Å². The van der Waals surface area contributed by atoms with Crippen molar-refractivity contribution in [1.82, 2.24) is 5.32 Å². The number of carbonyl (C=O) groups is 1. The molecule has 1 aliphatic carbocycles. The molecule has 3 N–H and O–H groups in total. The minimum absolute atomic E-state index is 0.129. The molecule has 3 rings (SSSR count). The SMILES string of the molecule is O=C(N[C@@H]1CC[C@@H](Oc2cccc(F)c2)[C@@H](O)[C@@H]1O)c1cccc(F)c1. The highest BCUT2D eigenvalue weighted by molar-refractivity contribution is 5.94. The topological polar surface area (TPSA) is 78.8 Å². The zero-order chi connectivity index (χ0) is 18.7. The number of aliphatic hydroxyl groups excluding tert-OH is 2. The van der Waals surface area contributed by atoms with Gasteiger partial charge < -0.3 is 20.3 Å². The summed E-state index contributed by atoms with van der Waals surface area (Å²) < 4.78 is 32.0. The molecule has 0 aromatic heterocycles. The van der Waals surface area contributed by atoms with E-state index in [-0.39, 0.29) is 11.3 Å². The van der Waals surface area contributed by atoms with Gasteiger partial charge in [-0.3, -0.25) is 4.79 Å². The summed E-state index contributed by atoms with van der Waals surface area (Å²) in [5, 5.41) is 23.2. The van der Waals surface area contributed by atoms with Gasteiger partial charge in [0, 0.05) is 11.6 Å². The van der Waals surface area contributed by atoms with Crippen molar-refractivity contribution in [1.29, 1.82) is 0 Å². The standard InChI is InChI=1S/C19H19F2NO4/c20-12-4-1-3-11(9-12)19(25)22-15-7-8-16(18(24)17(15)23)26-14-6-2-5-13(21)10-14/h1-6,9-10,15-18,23-24H,7-8H2,(H,22,25)/t15-,16-,17-,18-/m1/s1. The van der Waals surface area contributed by atoms with Crippen LogP contribution in [0.4, 0.5) is 8.78 Å². The second kappa shape index (κ2) is 7.80. The quantitative estimate of drug-likeness (QED) is 0.777. The Morgan fingerprint density at radius 1 is 1.00 bits per heavy atom. The molecule has 2 aromatic rings. The summed E-state index contributed by atoms with van der Waals surface area (Å²) in [6.45, 7) is 0. The van der Waals surface area contributed by atoms with E-state index in [0.717, 1.165) is 6.07 Å². The zero-order valence-corrected chi connectivity index (χ0v) is 13.8. The number of amides is 1. The van der Waals surface area contributed by atoms with Crippen LogP contribution in [0.1, 0.15) is 23.2 Å². The van der Waals surface area contributed by atoms with Gasteiger partial charge in [0.25, 0.3) is 5.91 Å². The Kier molecular flexibility index (Phi) is 5.49. The molecule has 1 aliphatic rings. The van der Waals surface area contributed by atoms with Gasteiger partial charge >= 0.3 is 0 Å². The molecule has 138 valence electrons. The van der Waals surface area contributed by atoms with Crippen LogP contribution in [-0.4, -0.2) is 40.5 Å². The van der Waals surface area contributed by atoms with Crippen LogP contribution >= 0.6 is 0 Å². The Balaban J connectivity index is 1.62. The molecule has 0 bridgehead atoms. The molecule has 26 heavy (non-hydrogen) atoms. The van der Waals surface area contributed by atoms with Crippen molar-refractivity contribution in [3.8, 4) is 5.75 Å². The highest BCUT2D eigenvalue weighted by Crippen LogP contribution is 2.25. The smallest absolute Gasteiger partial charge is 0.251 e. The summed E-state index contributed by atoms with van der Waals surface area (Å²) in [5.74, 6) is -1.28. The van der Waals surface area contributed by atoms with Crippen molar-refractivity contribution in [2.75, 3.05) is 0 Å². The molecule has 5 nitrogen and oxygen atoms in total. The van der Waals surface area contributed by atoms with Crippen molar-refractivity contribution in [2.45, 2.75) is 37.2 Å². The van der Waals surface area contributed by atoms with Crippen molar-refractivity contribution >= 4 is 5.91 Å². The Labute approximate surface area is 149 Å². The molecule has 0 aliphatic heterocycles. The van der Waals surface area contributed by atoms with Crippen LogP contribution in [-0.2, 0) is 0 Å². The predicted molar refractivity (Wildman–Crippen MR) is 89.7 cm³/mol. The number of nitrogens with one attached hydrogen (secondary N) is 1. The van der Waals surface area contributed by atoms with Crippen LogP contribution in [0.3, 0.4) is 0 Å². The van der Waals surface area contributed by atoms with E-state index in [1.807, 2.05) is 0 Å². The van der Waals surface area contributed by atoms with E-state index in [0.29, 0.717) is 12.8 Å². The second-order valence-corrected chi connectivity index (χ2v) is 6.26. The maximum Gasteiger partial charge on any atom is 0.251 e. The van der Waals surface area contributed by atoms with E-state index >= 15 is 0 Å². The molecule has 0 unspecified atom stereocenters. The first-order valence-electron chi connectivity index (χ1n) is 8.29. The molecule has 7 heteroatoms. The third-order valence-electron chi connectivity index (χ3n) is 4.39. The van der Waals surface area contributed by atoms with Crippen LogP contribution in [0.25, 0.3) is 0 Å². The summed E-state index contributed by atoms with van der Waals surface area (Å²) in [4.78, 5) is 12.2. The summed E-state index contributed by atoms with van der Waals surface area (Å²) in [6, 6.07) is 10.0. The lowest BCUT2D eigenvalue weighted by atomic mass is 9.87. The average Bonchev–Trinajstić information content (AvgIpc) is 2.61. The molecular formula is C19H19F2NO4. The number of hydrogen-bond donors (Lipinski definition) is 3. The minimum Gasteiger partial charge on any atom is -0.488 e. The molecule has 0 radical (unpaired) electrons. The highest BCUT2D eigenvalue weighted by atomic mass is 19.1. The van der Waals surface area contributed by atoms with Gasteiger partial charge in [0.2, 0.25) is 0 Å². The van der Waals surface area contributed by atoms with E-state index in [2.05, 4.69) is 5.32 Å². The Morgan fingerprint density at radius 3 is 2.38 bits per heavy atom. The van der Waals surface area contributed by atoms with Crippen molar-refractivity contribution in [3.05, 3.63) is 65.7 Å². The van der Waals surface area contributed by atoms with E-state index in [1.165, 1.54) is 36.4 Å². The monoisotopic (exact) mass is 363 g/mol. The zero-order valence-electron chi connectivity index (χ0n) is 13.8. The van der Waals surface area contributed by atoms with Gasteiger partial charge in [-0.05, 0) is 43.2 Å². The fourth-order valence-corrected chi connectivity index (χ4v) is 3.03. The maximum absolute atomic E-state index is 13.2. The number of hydrogen-bond acceptors (Lipinski definition) is 4. The van der Waals surface area contributed by atoms with Crippen LogP contribution in [0.2, 0.25) is 0 Å². The Hall–Kier alpha value is -2.51. The number of benzene rings is 2. The Morgan fingerprint density at radius 2 is 1.69 bits per heavy atom. The number of carbonyl (C=O) groups excluding carboxylic acids is 1. The van der Waals surface area contributed by atoms with Gasteiger partial charge in [0.05, 0.1) is 6.04 Å². The molecule has 0 heterocycles. The lowest BCUT2D eigenvalue weighted by molar-refractivity contribution is -0.0874. The number of aliphatic hydroxyl groups is 2. The molecule has 1 saturated carbocycles. The first-order chi connectivity index (χ1) is 12.4. The number of ether oxygens (including phenoxy) is 1. The van der Waals surface area contributed by atoms with Crippen LogP contribution in [0.5, 0.6) is 5.75 Å². The third-order valence-corrected chi connectivity index (χ3v) is 4.39. The number of halogens is 2. The Bertz CT molecular complexity index is 786. The van der Waals surface area contributed by atoms with Crippen LogP contribution in [0, 0.1) is 11.6 Å². The van der Waals surface area contributed by atoms with Gasteiger partial charge in [-0.15, -0.1) is 0 Å². The second-order valence-electron chi connectivity index (χ2n) is 6.26. The van der Waals surface area contributed by atoms with Gasteiger partial charge in [0.1, 0.15) is 35.7 Å². The van der Waals surface area contributed by atoms with Gasteiger partial charge in [0.15, 0.2) is 0 Å². The first-order valence-corrected chi connectivity index (χ1v) is 8.29. The number of rotatable bonds is 4. The lowest BCUT2D eigenvalue weighted by Gasteiger charge is -2.37. The third kappa shape index (κ3) is 4.17. The summed E-state index contributed by atoms with van der Waals surface area (Å²) in [7, 11) is 0. The predicted octanol–water partition coefficient (Wildman–Crippen LogP) is 2.03. The molecule has 4 atom stereocenters. The van der Waals surface area contributed by atoms with Crippen LogP contribution < -0.4 is 10.1 Å². The normalized spacial score (nSPS) is 25.5. The van der Waals surface area contributed by atoms with Crippen molar-refractivity contribution in [2.24, 2.45) is 0 Å². The molecule has 0 saturated heterocycles. The van der Waals surface area contributed by atoms with E-state index in [9.17, 15) is 23.8 Å². The average molecular weight is 363 g/mol. The van der Waals surface area contributed by atoms with E-state index in [4.69, 9.17) is 4.74 Å². The van der Waals surface area contributed by atoms with Crippen LogP contribution in [0.15, 0.2) is 48.5 Å². The molecular weight excluding hydrogens is 344 g/mol. The van der Waals surface area contributed by atoms with Crippen molar-refractivity contribution < 1.29 is 28.5 Å². The molecule has 2 aromatic carbocycles. The highest BCUT2D eigenvalue weighted by Gasteiger charge is 2.39. The van der Waals surface area contributed by atoms with Gasteiger partial charge in [-0.25, -0.2) is 8.78 Å². The maximum atomic E-state index is 13.2. The summed E-state index contributed by atoms with van der Waals surface area (Å²) in [5.41, 5.74) is 0.129. The van der Waals surface area contributed by atoms with E-state index < -0.39 is 41.9 Å². The van der Waals surface area contributed by atoms with Gasteiger partial charge in [-0.1, -0.05) is 12.1 Å². The van der Waals surface area contributed by atoms with E-state index in [1.54, 1.807) is 6.07 Å². The largest absolute Gasteiger partial charge is 0.488 e.